The van der Waals surface area contributed by atoms with Crippen molar-refractivity contribution in [3.05, 3.63) is 36.0 Å². The fraction of sp³-hybridized carbons (Fsp3) is 0.423. The summed E-state index contributed by atoms with van der Waals surface area (Å²) in [5.74, 6) is -6.56. The lowest BCUT2D eigenvalue weighted by Crippen LogP contribution is -2.58. The molecular formula is C26H37N9O8. The number of aliphatic carboxylic acids is 2. The number of rotatable bonds is 18. The van der Waals surface area contributed by atoms with Crippen LogP contribution in [0.3, 0.4) is 0 Å². The number of carbonyl (C=O) groups excluding carboxylic acids is 4. The van der Waals surface area contributed by atoms with Crippen LogP contribution in [0.1, 0.15) is 37.7 Å². The second kappa shape index (κ2) is 16.3. The van der Waals surface area contributed by atoms with E-state index in [1.54, 1.807) is 30.5 Å². The van der Waals surface area contributed by atoms with Crippen molar-refractivity contribution in [2.75, 3.05) is 6.54 Å². The number of aliphatic imine (C=N–C) groups is 1. The molecule has 0 radical (unpaired) electrons. The topological polar surface area (TPSA) is 311 Å². The van der Waals surface area contributed by atoms with E-state index in [-0.39, 0.29) is 25.3 Å². The molecule has 17 heteroatoms. The number of carboxylic acids is 2. The maximum absolute atomic E-state index is 13.2. The van der Waals surface area contributed by atoms with Gasteiger partial charge in [0.15, 0.2) is 5.96 Å². The van der Waals surface area contributed by atoms with Crippen LogP contribution in [0.5, 0.6) is 0 Å². The lowest BCUT2D eigenvalue weighted by atomic mass is 10.0. The summed E-state index contributed by atoms with van der Waals surface area (Å²) in [6.45, 7) is 0.201. The first-order valence-electron chi connectivity index (χ1n) is 13.3. The highest BCUT2D eigenvalue weighted by Crippen LogP contribution is 2.19. The standard InChI is InChI=1S/C26H37N9O8/c27-15(5-3-9-31-26(29)30)22(39)34-18(11-20(28)36)24(41)33-17(7-8-21(37)38)23(40)35-19(25(42)43)10-13-12-32-16-6-2-1-4-14(13)16/h1-2,4,6,12,15,17-19,32H,3,5,7-11,27H2,(H2,28,36)(H,33,41)(H,34,39)(H,35,40)(H,37,38)(H,42,43)(H4,29,30,31). The highest BCUT2D eigenvalue weighted by Gasteiger charge is 2.31. The summed E-state index contributed by atoms with van der Waals surface area (Å²) in [6.07, 6.45) is 0.305. The third-order valence-corrected chi connectivity index (χ3v) is 6.34. The number of carbonyl (C=O) groups is 6. The fourth-order valence-electron chi connectivity index (χ4n) is 4.14. The molecule has 1 aromatic carbocycles. The van der Waals surface area contributed by atoms with Crippen LogP contribution < -0.4 is 38.9 Å². The van der Waals surface area contributed by atoms with E-state index in [4.69, 9.17) is 28.0 Å². The van der Waals surface area contributed by atoms with E-state index in [1.807, 2.05) is 0 Å². The van der Waals surface area contributed by atoms with Crippen molar-refractivity contribution in [3.63, 3.8) is 0 Å². The summed E-state index contributed by atoms with van der Waals surface area (Å²) in [7, 11) is 0. The number of nitrogens with zero attached hydrogens (tertiary/aromatic N) is 1. The number of nitrogens with two attached hydrogens (primary N) is 4. The van der Waals surface area contributed by atoms with Gasteiger partial charge >= 0.3 is 11.9 Å². The number of aromatic amines is 1. The predicted octanol–water partition coefficient (Wildman–Crippen LogP) is -2.63. The Hall–Kier alpha value is -5.19. The van der Waals surface area contributed by atoms with Crippen molar-refractivity contribution in [1.29, 1.82) is 0 Å². The van der Waals surface area contributed by atoms with E-state index in [2.05, 4.69) is 25.9 Å². The molecule has 2 rings (SSSR count). The minimum atomic E-state index is -1.56. The number of nitrogens with one attached hydrogen (secondary N) is 4. The predicted molar refractivity (Wildman–Crippen MR) is 154 cm³/mol. The van der Waals surface area contributed by atoms with E-state index in [0.29, 0.717) is 12.0 Å². The van der Waals surface area contributed by atoms with E-state index in [0.717, 1.165) is 10.9 Å². The molecule has 4 unspecified atom stereocenters. The van der Waals surface area contributed by atoms with Gasteiger partial charge in [-0.05, 0) is 30.9 Å². The number of guanidine groups is 1. The molecule has 0 aliphatic carbocycles. The molecule has 0 saturated carbocycles. The van der Waals surface area contributed by atoms with Crippen molar-refractivity contribution < 1.29 is 39.0 Å². The van der Waals surface area contributed by atoms with Gasteiger partial charge in [-0.2, -0.15) is 0 Å². The second-order valence-electron chi connectivity index (χ2n) is 9.74. The number of para-hydroxylation sites is 1. The maximum atomic E-state index is 13.2. The van der Waals surface area contributed by atoms with Crippen LogP contribution in [-0.2, 0) is 35.2 Å². The van der Waals surface area contributed by atoms with Gasteiger partial charge in [0.2, 0.25) is 23.6 Å². The van der Waals surface area contributed by atoms with Gasteiger partial charge < -0.3 is 54.1 Å². The molecular weight excluding hydrogens is 566 g/mol. The highest BCUT2D eigenvalue weighted by atomic mass is 16.4. The zero-order chi connectivity index (χ0) is 32.1. The Balaban J connectivity index is 2.15. The van der Waals surface area contributed by atoms with Gasteiger partial charge in [0.25, 0.3) is 0 Å². The molecule has 43 heavy (non-hydrogen) atoms. The monoisotopic (exact) mass is 603 g/mol. The Labute approximate surface area is 245 Å². The lowest BCUT2D eigenvalue weighted by Gasteiger charge is -2.24. The first kappa shape index (κ1) is 34.0. The summed E-state index contributed by atoms with van der Waals surface area (Å²) in [5, 5.41) is 26.6. The summed E-state index contributed by atoms with van der Waals surface area (Å²) in [6, 6.07) is 1.51. The van der Waals surface area contributed by atoms with Crippen molar-refractivity contribution in [2.24, 2.45) is 27.9 Å². The Morgan fingerprint density at radius 3 is 2.12 bits per heavy atom. The molecule has 0 saturated heterocycles. The Bertz CT molecular complexity index is 1360. The van der Waals surface area contributed by atoms with E-state index < -0.39 is 79.0 Å². The van der Waals surface area contributed by atoms with Crippen LogP contribution in [0, 0.1) is 0 Å². The normalized spacial score (nSPS) is 13.6. The minimum Gasteiger partial charge on any atom is -0.481 e. The Morgan fingerprint density at radius 1 is 0.860 bits per heavy atom. The van der Waals surface area contributed by atoms with Crippen LogP contribution in [-0.4, -0.2) is 87.4 Å². The summed E-state index contributed by atoms with van der Waals surface area (Å²) >= 11 is 0. The summed E-state index contributed by atoms with van der Waals surface area (Å²) in [5.41, 5.74) is 22.9. The number of aromatic nitrogens is 1. The van der Waals surface area contributed by atoms with Gasteiger partial charge in [-0.15, -0.1) is 0 Å². The zero-order valence-corrected chi connectivity index (χ0v) is 23.2. The molecule has 14 N–H and O–H groups in total. The Morgan fingerprint density at radius 2 is 1.49 bits per heavy atom. The third kappa shape index (κ3) is 11.3. The van der Waals surface area contributed by atoms with E-state index in [9.17, 15) is 33.9 Å². The molecule has 4 atom stereocenters. The number of benzene rings is 1. The van der Waals surface area contributed by atoms with Gasteiger partial charge in [-0.1, -0.05) is 18.2 Å². The smallest absolute Gasteiger partial charge is 0.326 e. The third-order valence-electron chi connectivity index (χ3n) is 6.34. The first-order chi connectivity index (χ1) is 20.3. The summed E-state index contributed by atoms with van der Waals surface area (Å²) in [4.78, 5) is 80.5. The molecule has 234 valence electrons. The SMILES string of the molecule is NC(=O)CC(NC(=O)C(N)CCCN=C(N)N)C(=O)NC(CCC(=O)O)C(=O)NC(Cc1c[nH]c2ccccc12)C(=O)O. The molecule has 17 nitrogen and oxygen atoms in total. The average molecular weight is 604 g/mol. The van der Waals surface area contributed by atoms with Crippen LogP contribution in [0.2, 0.25) is 0 Å². The molecule has 0 bridgehead atoms. The average Bonchev–Trinajstić information content (AvgIpc) is 3.34. The summed E-state index contributed by atoms with van der Waals surface area (Å²) < 4.78 is 0. The van der Waals surface area contributed by atoms with Crippen LogP contribution in [0.4, 0.5) is 0 Å². The molecule has 0 aliphatic rings. The quantitative estimate of drug-likeness (QED) is 0.0477. The van der Waals surface area contributed by atoms with Crippen molar-refractivity contribution in [3.8, 4) is 0 Å². The van der Waals surface area contributed by atoms with Crippen LogP contribution in [0.25, 0.3) is 10.9 Å². The molecule has 0 fully saturated rings. The van der Waals surface area contributed by atoms with E-state index in [1.165, 1.54) is 0 Å². The van der Waals surface area contributed by atoms with Crippen molar-refractivity contribution in [2.45, 2.75) is 62.7 Å². The molecule has 1 aromatic heterocycles. The minimum absolute atomic E-state index is 0.119. The van der Waals surface area contributed by atoms with Crippen LogP contribution >= 0.6 is 0 Å². The number of hydrogen-bond donors (Lipinski definition) is 10. The molecule has 4 amide bonds. The largest absolute Gasteiger partial charge is 0.481 e. The molecule has 1 heterocycles. The van der Waals surface area contributed by atoms with Crippen LogP contribution in [0.15, 0.2) is 35.5 Å². The van der Waals surface area contributed by atoms with Gasteiger partial charge in [0.1, 0.15) is 18.1 Å². The number of carboxylic acid groups (broad SMARTS) is 2. The van der Waals surface area contributed by atoms with Crippen molar-refractivity contribution >= 4 is 52.4 Å². The lowest BCUT2D eigenvalue weighted by molar-refractivity contribution is -0.143. The second-order valence-corrected chi connectivity index (χ2v) is 9.74. The van der Waals surface area contributed by atoms with E-state index >= 15 is 0 Å². The Kier molecular flexibility index (Phi) is 12.9. The number of primary amides is 1. The molecule has 0 aliphatic heterocycles. The van der Waals surface area contributed by atoms with Gasteiger partial charge in [0, 0.05) is 36.5 Å². The number of amides is 4. The number of H-pyrrole nitrogens is 1. The van der Waals surface area contributed by atoms with Gasteiger partial charge in [0.05, 0.1) is 12.5 Å². The molecule has 0 spiro atoms. The first-order valence-corrected chi connectivity index (χ1v) is 13.3. The number of fused-ring (bicyclic) bond motifs is 1. The fourth-order valence-corrected chi connectivity index (χ4v) is 4.14. The highest BCUT2D eigenvalue weighted by molar-refractivity contribution is 5.96. The maximum Gasteiger partial charge on any atom is 0.326 e. The van der Waals surface area contributed by atoms with Crippen molar-refractivity contribution in [1.82, 2.24) is 20.9 Å². The zero-order valence-electron chi connectivity index (χ0n) is 23.2. The molecule has 2 aromatic rings. The van der Waals surface area contributed by atoms with Gasteiger partial charge in [-0.25, -0.2) is 4.79 Å². The number of hydrogen-bond acceptors (Lipinski definition) is 8. The van der Waals surface area contributed by atoms with Gasteiger partial charge in [-0.3, -0.25) is 29.0 Å².